The van der Waals surface area contributed by atoms with Crippen molar-refractivity contribution in [3.8, 4) is 0 Å². The summed E-state index contributed by atoms with van der Waals surface area (Å²) >= 11 is 1.51. The Morgan fingerprint density at radius 1 is 1.55 bits per heavy atom. The van der Waals surface area contributed by atoms with Gasteiger partial charge >= 0.3 is 0 Å². The van der Waals surface area contributed by atoms with Crippen LogP contribution in [0.5, 0.6) is 0 Å². The number of nitrogens with two attached hydrogens (primary N) is 2. The second-order valence-electron chi connectivity index (χ2n) is 6.92. The van der Waals surface area contributed by atoms with E-state index in [1.807, 2.05) is 0 Å². The molecule has 1 heterocycles. The number of amidine groups is 1. The predicted molar refractivity (Wildman–Crippen MR) is 115 cm³/mol. The maximum atomic E-state index is 14.8. The molecular weight excluding hydrogens is 393 g/mol. The van der Waals surface area contributed by atoms with Crippen LogP contribution in [0.15, 0.2) is 52.4 Å². The third-order valence-corrected chi connectivity index (χ3v) is 6.17. The summed E-state index contributed by atoms with van der Waals surface area (Å²) in [5.74, 6) is 0.366. The fraction of sp³-hybridized carbons (Fsp3) is 0.350. The van der Waals surface area contributed by atoms with Gasteiger partial charge in [-0.1, -0.05) is 24.8 Å². The maximum absolute atomic E-state index is 14.8. The lowest BCUT2D eigenvalue weighted by Crippen LogP contribution is -2.37. The van der Waals surface area contributed by atoms with Crippen molar-refractivity contribution < 1.29 is 13.9 Å². The average Bonchev–Trinajstić information content (AvgIpc) is 3.13. The molecule has 2 aliphatic rings. The van der Waals surface area contributed by atoms with Gasteiger partial charge < -0.3 is 21.5 Å². The minimum absolute atomic E-state index is 0.0977. The molecule has 1 aliphatic heterocycles. The van der Waals surface area contributed by atoms with E-state index in [2.05, 4.69) is 21.9 Å². The van der Waals surface area contributed by atoms with E-state index in [0.29, 0.717) is 16.4 Å². The number of benzene rings is 1. The number of carbonyl (C=O) groups excluding carboxylic acids is 1. The number of fused-ring (bicyclic) bond motifs is 1. The molecule has 1 aromatic carbocycles. The molecule has 1 unspecified atom stereocenters. The van der Waals surface area contributed by atoms with E-state index < -0.39 is 11.4 Å². The number of thioether (sulfide) groups is 1. The molecule has 1 amide bonds. The smallest absolute Gasteiger partial charge is 0.256 e. The fourth-order valence-electron chi connectivity index (χ4n) is 3.77. The van der Waals surface area contributed by atoms with Crippen LogP contribution in [0, 0.1) is 11.7 Å². The van der Waals surface area contributed by atoms with Crippen molar-refractivity contribution in [1.82, 2.24) is 0 Å². The summed E-state index contributed by atoms with van der Waals surface area (Å²) in [4.78, 5) is 21.0. The molecule has 1 aliphatic carbocycles. The molecule has 1 aromatic rings. The van der Waals surface area contributed by atoms with Crippen LogP contribution in [-0.2, 0) is 15.1 Å². The highest BCUT2D eigenvalue weighted by Crippen LogP contribution is 2.51. The molecule has 0 spiro atoms. The summed E-state index contributed by atoms with van der Waals surface area (Å²) < 4.78 is 19.7. The molecule has 0 aromatic heterocycles. The first-order chi connectivity index (χ1) is 13.9. The number of hydrogen-bond acceptors (Lipinski definition) is 7. The van der Waals surface area contributed by atoms with Crippen LogP contribution in [-0.4, -0.2) is 30.2 Å². The van der Waals surface area contributed by atoms with E-state index in [1.54, 1.807) is 6.07 Å². The van der Waals surface area contributed by atoms with E-state index in [1.165, 1.54) is 43.4 Å². The molecule has 154 valence electrons. The summed E-state index contributed by atoms with van der Waals surface area (Å²) in [6.45, 7) is 3.68. The number of rotatable bonds is 6. The highest BCUT2D eigenvalue weighted by atomic mass is 32.2. The number of amides is 1. The van der Waals surface area contributed by atoms with Gasteiger partial charge in [-0.3, -0.25) is 9.79 Å². The Bertz CT molecular complexity index is 914. The van der Waals surface area contributed by atoms with Crippen LogP contribution in [0.1, 0.15) is 24.8 Å². The van der Waals surface area contributed by atoms with Crippen LogP contribution in [0.2, 0.25) is 0 Å². The Morgan fingerprint density at radius 2 is 2.34 bits per heavy atom. The Balaban J connectivity index is 1.84. The van der Waals surface area contributed by atoms with Crippen LogP contribution in [0.3, 0.4) is 0 Å². The van der Waals surface area contributed by atoms with Crippen molar-refractivity contribution in [3.05, 3.63) is 53.8 Å². The lowest BCUT2D eigenvalue weighted by atomic mass is 9.81. The molecule has 2 atom stereocenters. The van der Waals surface area contributed by atoms with Gasteiger partial charge in [-0.25, -0.2) is 9.38 Å². The first-order valence-electron chi connectivity index (χ1n) is 9.18. The fourth-order valence-corrected chi connectivity index (χ4v) is 4.81. The first-order valence-corrected chi connectivity index (χ1v) is 10.2. The number of anilines is 1. The zero-order valence-electron chi connectivity index (χ0n) is 16.2. The van der Waals surface area contributed by atoms with Gasteiger partial charge in [0.2, 0.25) is 5.88 Å². The molecule has 0 bridgehead atoms. The van der Waals surface area contributed by atoms with Gasteiger partial charge in [0.1, 0.15) is 5.82 Å². The van der Waals surface area contributed by atoms with E-state index >= 15 is 0 Å². The molecule has 3 rings (SSSR count). The number of ether oxygens (including phenoxy) is 1. The Kier molecular flexibility index (Phi) is 6.26. The monoisotopic (exact) mass is 417 g/mol. The van der Waals surface area contributed by atoms with Crippen LogP contribution < -0.4 is 16.8 Å². The summed E-state index contributed by atoms with van der Waals surface area (Å²) in [5, 5.41) is 3.20. The van der Waals surface area contributed by atoms with Crippen LogP contribution in [0.4, 0.5) is 10.1 Å². The minimum Gasteiger partial charge on any atom is -0.480 e. The summed E-state index contributed by atoms with van der Waals surface area (Å²) in [6, 6.07) is 4.50. The average molecular weight is 418 g/mol. The molecule has 5 N–H and O–H groups in total. The number of aliphatic imine (C=N–C) groups is 2. The standard InChI is InChI=1S/C20H24FN5O2S/c1-12(10-24-17(9-22)28-2)18(27)25-14-5-6-16(21)15(8-14)20-7-3-4-13(20)11-29-19(23)26-20/h5-6,8-10,13H,1,3-4,7,11,22H2,2H3,(H2,23,26)(H,25,27)/b17-9+,24-10-/t13?,20-/m0/s1. The Hall–Kier alpha value is -2.81. The Labute approximate surface area is 173 Å². The van der Waals surface area contributed by atoms with Crippen molar-refractivity contribution in [3.63, 3.8) is 0 Å². The van der Waals surface area contributed by atoms with Gasteiger partial charge in [0.25, 0.3) is 5.91 Å². The molecule has 1 saturated carbocycles. The molecular formula is C20H24FN5O2S. The maximum Gasteiger partial charge on any atom is 0.256 e. The summed E-state index contributed by atoms with van der Waals surface area (Å²) in [7, 11) is 1.41. The number of halogens is 1. The van der Waals surface area contributed by atoms with E-state index in [-0.39, 0.29) is 23.2 Å². The van der Waals surface area contributed by atoms with Crippen molar-refractivity contribution in [1.29, 1.82) is 0 Å². The second kappa shape index (κ2) is 8.69. The molecule has 29 heavy (non-hydrogen) atoms. The predicted octanol–water partition coefficient (Wildman–Crippen LogP) is 2.85. The number of methoxy groups -OCH3 is 1. The largest absolute Gasteiger partial charge is 0.480 e. The normalized spacial score (nSPS) is 24.1. The molecule has 0 saturated heterocycles. The topological polar surface area (TPSA) is 115 Å². The first kappa shape index (κ1) is 20.9. The zero-order valence-corrected chi connectivity index (χ0v) is 17.0. The zero-order chi connectivity index (χ0) is 21.0. The number of nitrogens with zero attached hydrogens (tertiary/aromatic N) is 2. The lowest BCUT2D eigenvalue weighted by Gasteiger charge is -2.36. The van der Waals surface area contributed by atoms with E-state index in [4.69, 9.17) is 16.2 Å². The summed E-state index contributed by atoms with van der Waals surface area (Å²) in [5.41, 5.74) is 11.7. The molecule has 0 radical (unpaired) electrons. The summed E-state index contributed by atoms with van der Waals surface area (Å²) in [6.07, 6.45) is 5.08. The minimum atomic E-state index is -0.669. The van der Waals surface area contributed by atoms with E-state index in [0.717, 1.165) is 25.0 Å². The van der Waals surface area contributed by atoms with Gasteiger partial charge in [-0.05, 0) is 37.0 Å². The Morgan fingerprint density at radius 3 is 3.07 bits per heavy atom. The highest BCUT2D eigenvalue weighted by molar-refractivity contribution is 8.13. The molecule has 7 nitrogen and oxygen atoms in total. The third kappa shape index (κ3) is 4.29. The van der Waals surface area contributed by atoms with Gasteiger partial charge in [0.15, 0.2) is 5.17 Å². The van der Waals surface area contributed by atoms with Crippen molar-refractivity contribution in [2.45, 2.75) is 24.8 Å². The lowest BCUT2D eigenvalue weighted by molar-refractivity contribution is -0.112. The quantitative estimate of drug-likeness (QED) is 0.374. The van der Waals surface area contributed by atoms with Crippen molar-refractivity contribution in [2.24, 2.45) is 27.4 Å². The second-order valence-corrected chi connectivity index (χ2v) is 7.96. The molecule has 1 fully saturated rings. The number of nitrogens with one attached hydrogen (secondary N) is 1. The van der Waals surface area contributed by atoms with Gasteiger partial charge in [0, 0.05) is 23.2 Å². The van der Waals surface area contributed by atoms with E-state index in [9.17, 15) is 9.18 Å². The van der Waals surface area contributed by atoms with Crippen LogP contribution >= 0.6 is 11.8 Å². The highest BCUT2D eigenvalue weighted by Gasteiger charge is 2.48. The van der Waals surface area contributed by atoms with Crippen molar-refractivity contribution >= 4 is 34.7 Å². The van der Waals surface area contributed by atoms with Gasteiger partial charge in [0.05, 0.1) is 24.4 Å². The van der Waals surface area contributed by atoms with Crippen molar-refractivity contribution in [2.75, 3.05) is 18.2 Å². The van der Waals surface area contributed by atoms with Crippen LogP contribution in [0.25, 0.3) is 0 Å². The molecule has 9 heteroatoms. The number of carbonyl (C=O) groups is 1. The number of hydrogen-bond donors (Lipinski definition) is 3. The van der Waals surface area contributed by atoms with Gasteiger partial charge in [-0.2, -0.15) is 0 Å². The SMILES string of the molecule is C=C(/C=N\C(=C/N)OC)C(=O)Nc1ccc(F)c([C@]23CCCC2CSC(N)=N3)c1. The van der Waals surface area contributed by atoms with Gasteiger partial charge in [-0.15, -0.1) is 0 Å². The third-order valence-electron chi connectivity index (χ3n) is 5.21.